The van der Waals surface area contributed by atoms with E-state index in [1.165, 1.54) is 0 Å². The Morgan fingerprint density at radius 3 is 1.67 bits per heavy atom. The van der Waals surface area contributed by atoms with Gasteiger partial charge < -0.3 is 5.11 Å². The van der Waals surface area contributed by atoms with Gasteiger partial charge in [0.1, 0.15) is 0 Å². The molecular formula is C3H11IMgO. The van der Waals surface area contributed by atoms with Gasteiger partial charge in [-0.25, -0.2) is 0 Å². The number of halogens is 1. The van der Waals surface area contributed by atoms with E-state index in [-0.39, 0.29) is 47.0 Å². The summed E-state index contributed by atoms with van der Waals surface area (Å²) in [6, 6.07) is 0. The fourth-order valence-electron chi connectivity index (χ4n) is 0. The van der Waals surface area contributed by atoms with E-state index in [9.17, 15) is 0 Å². The Morgan fingerprint density at radius 1 is 1.50 bits per heavy atom. The first-order chi connectivity index (χ1) is 1.91. The molecule has 0 atom stereocenters. The highest BCUT2D eigenvalue weighted by molar-refractivity contribution is 14.0. The molecule has 0 bridgehead atoms. The van der Waals surface area contributed by atoms with Crippen LogP contribution in [0.2, 0.25) is 0 Å². The summed E-state index contributed by atoms with van der Waals surface area (Å²) in [5.74, 6) is 0. The Balaban J connectivity index is -0.0000000450. The molecule has 0 radical (unpaired) electrons. The molecule has 0 aliphatic carbocycles. The van der Waals surface area contributed by atoms with Crippen molar-refractivity contribution in [3.63, 3.8) is 0 Å². The van der Waals surface area contributed by atoms with Gasteiger partial charge in [0.25, 0.3) is 0 Å². The zero-order chi connectivity index (χ0) is 3.41. The molecule has 0 aromatic rings. The molecule has 1 N–H and O–H groups in total. The van der Waals surface area contributed by atoms with Crippen molar-refractivity contribution in [2.75, 3.05) is 6.61 Å². The molecule has 6 heavy (non-hydrogen) atoms. The van der Waals surface area contributed by atoms with Crippen molar-refractivity contribution in [2.24, 2.45) is 0 Å². The highest BCUT2D eigenvalue weighted by atomic mass is 127. The first-order valence-corrected chi connectivity index (χ1v) is 1.52. The average molecular weight is 214 g/mol. The standard InChI is InChI=1S/C3H8O.HI.Mg.2H/c1-2-3-4;;;;/h4H,2-3H2,1H3;1H;;;. The zero-order valence-corrected chi connectivity index (χ0v) is 5.60. The molecule has 0 spiro atoms. The number of hydrogen-bond acceptors (Lipinski definition) is 1. The summed E-state index contributed by atoms with van der Waals surface area (Å²) in [5.41, 5.74) is 0. The van der Waals surface area contributed by atoms with E-state index in [4.69, 9.17) is 5.11 Å². The highest BCUT2D eigenvalue weighted by Gasteiger charge is 1.57. The lowest BCUT2D eigenvalue weighted by Crippen LogP contribution is -1.69. The van der Waals surface area contributed by atoms with Crippen molar-refractivity contribution in [2.45, 2.75) is 13.3 Å². The van der Waals surface area contributed by atoms with Gasteiger partial charge in [-0.15, -0.1) is 24.0 Å². The van der Waals surface area contributed by atoms with E-state index < -0.39 is 0 Å². The second kappa shape index (κ2) is 16.1. The number of aliphatic hydroxyl groups is 1. The Kier molecular flexibility index (Phi) is 42.0. The van der Waals surface area contributed by atoms with E-state index in [0.717, 1.165) is 6.42 Å². The smallest absolute Gasteiger partial charge is 0.316 e. The normalized spacial score (nSPS) is 5.00. The van der Waals surface area contributed by atoms with Gasteiger partial charge in [0.15, 0.2) is 0 Å². The Hall–Kier alpha value is 1.46. The van der Waals surface area contributed by atoms with Gasteiger partial charge in [0.2, 0.25) is 0 Å². The number of rotatable bonds is 1. The van der Waals surface area contributed by atoms with Gasteiger partial charge in [-0.2, -0.15) is 0 Å². The van der Waals surface area contributed by atoms with Crippen LogP contribution < -0.4 is 0 Å². The van der Waals surface area contributed by atoms with Crippen LogP contribution in [0.25, 0.3) is 0 Å². The lowest BCUT2D eigenvalue weighted by molar-refractivity contribution is 0.295. The van der Waals surface area contributed by atoms with Gasteiger partial charge in [0, 0.05) is 6.61 Å². The summed E-state index contributed by atoms with van der Waals surface area (Å²) >= 11 is 0. The maximum atomic E-state index is 7.88. The fourth-order valence-corrected chi connectivity index (χ4v) is 0. The Labute approximate surface area is 71.7 Å². The van der Waals surface area contributed by atoms with Crippen LogP contribution in [0.3, 0.4) is 0 Å². The summed E-state index contributed by atoms with van der Waals surface area (Å²) in [6.45, 7) is 2.25. The minimum Gasteiger partial charge on any atom is -0.396 e. The molecule has 0 saturated carbocycles. The molecule has 0 saturated heterocycles. The Morgan fingerprint density at radius 2 is 1.67 bits per heavy atom. The molecule has 0 amide bonds. The maximum absolute atomic E-state index is 7.88. The minimum absolute atomic E-state index is 0. The molecule has 0 aliphatic heterocycles. The van der Waals surface area contributed by atoms with E-state index in [2.05, 4.69) is 0 Å². The predicted molar refractivity (Wildman–Crippen MR) is 41.3 cm³/mol. The van der Waals surface area contributed by atoms with Crippen molar-refractivity contribution in [3.05, 3.63) is 0 Å². The molecular weight excluding hydrogens is 203 g/mol. The van der Waals surface area contributed by atoms with Crippen LogP contribution in [0.15, 0.2) is 0 Å². The first-order valence-electron chi connectivity index (χ1n) is 1.52. The monoisotopic (exact) mass is 214 g/mol. The molecule has 0 heterocycles. The minimum atomic E-state index is 0. The Bertz CT molecular complexity index is 12.8. The van der Waals surface area contributed by atoms with Crippen LogP contribution in [0.4, 0.5) is 0 Å². The molecule has 1 nitrogen and oxygen atoms in total. The number of hydrogen-bond donors (Lipinski definition) is 1. The van der Waals surface area contributed by atoms with Crippen LogP contribution in [0.5, 0.6) is 0 Å². The topological polar surface area (TPSA) is 20.2 Å². The second-order valence-electron chi connectivity index (χ2n) is 0.724. The van der Waals surface area contributed by atoms with Gasteiger partial charge in [-0.3, -0.25) is 0 Å². The SMILES string of the molecule is CCCO.I.[MgH2]. The summed E-state index contributed by atoms with van der Waals surface area (Å²) < 4.78 is 0. The molecule has 3 heteroatoms. The highest BCUT2D eigenvalue weighted by Crippen LogP contribution is 1.61. The summed E-state index contributed by atoms with van der Waals surface area (Å²) in [6.07, 6.45) is 0.875. The maximum Gasteiger partial charge on any atom is 0.316 e. The van der Waals surface area contributed by atoms with E-state index in [1.807, 2.05) is 6.92 Å². The fraction of sp³-hybridized carbons (Fsp3) is 1.00. The molecule has 0 unspecified atom stereocenters. The van der Waals surface area contributed by atoms with E-state index >= 15 is 0 Å². The van der Waals surface area contributed by atoms with Crippen LogP contribution >= 0.6 is 24.0 Å². The molecule has 0 fully saturated rings. The van der Waals surface area contributed by atoms with Gasteiger partial charge >= 0.3 is 23.1 Å². The van der Waals surface area contributed by atoms with Crippen LogP contribution in [0, 0.1) is 0 Å². The van der Waals surface area contributed by atoms with Crippen molar-refractivity contribution in [1.29, 1.82) is 0 Å². The molecule has 0 aliphatic rings. The van der Waals surface area contributed by atoms with E-state index in [1.54, 1.807) is 0 Å². The van der Waals surface area contributed by atoms with Crippen molar-refractivity contribution < 1.29 is 5.11 Å². The van der Waals surface area contributed by atoms with Crippen LogP contribution in [0.1, 0.15) is 13.3 Å². The lowest BCUT2D eigenvalue weighted by atomic mass is 10.5. The van der Waals surface area contributed by atoms with E-state index in [0.29, 0.717) is 6.61 Å². The molecule has 0 aromatic carbocycles. The summed E-state index contributed by atoms with van der Waals surface area (Å²) in [5, 5.41) is 7.88. The average Bonchev–Trinajstić information content (AvgIpc) is 1.37. The number of aliphatic hydroxyl groups excluding tert-OH is 1. The van der Waals surface area contributed by atoms with Crippen molar-refractivity contribution in [3.8, 4) is 0 Å². The summed E-state index contributed by atoms with van der Waals surface area (Å²) in [4.78, 5) is 0. The molecule has 0 rings (SSSR count). The van der Waals surface area contributed by atoms with Gasteiger partial charge in [0.05, 0.1) is 0 Å². The van der Waals surface area contributed by atoms with Crippen molar-refractivity contribution >= 4 is 47.0 Å². The first kappa shape index (κ1) is 15.7. The zero-order valence-electron chi connectivity index (χ0n) is 3.27. The predicted octanol–water partition coefficient (Wildman–Crippen LogP) is 0.0905. The quantitative estimate of drug-likeness (QED) is 0.484. The second-order valence-corrected chi connectivity index (χ2v) is 0.724. The van der Waals surface area contributed by atoms with Crippen LogP contribution in [-0.2, 0) is 0 Å². The molecule has 0 aromatic heterocycles. The third-order valence-electron chi connectivity index (χ3n) is 0.224. The third-order valence-corrected chi connectivity index (χ3v) is 0.224. The van der Waals surface area contributed by atoms with Gasteiger partial charge in [-0.05, 0) is 6.42 Å². The largest absolute Gasteiger partial charge is 0.396 e. The van der Waals surface area contributed by atoms with Gasteiger partial charge in [-0.1, -0.05) is 6.92 Å². The van der Waals surface area contributed by atoms with Crippen LogP contribution in [-0.4, -0.2) is 34.8 Å². The van der Waals surface area contributed by atoms with Crippen molar-refractivity contribution in [1.82, 2.24) is 0 Å². The molecule has 38 valence electrons. The lowest BCUT2D eigenvalue weighted by Gasteiger charge is -1.69. The third kappa shape index (κ3) is 18.0. The summed E-state index contributed by atoms with van der Waals surface area (Å²) in [7, 11) is 0.